The van der Waals surface area contributed by atoms with Crippen LogP contribution in [0.5, 0.6) is 5.75 Å². The molecule has 2 N–H and O–H groups in total. The standard InChI is InChI=1S/C17H27NO3/c1-12-6-7-13(8-15(12)21-5)9-16(20)18-14(11-19)10-17(2,3)4/h6-8,14,19H,9-11H2,1-5H3,(H,18,20). The van der Waals surface area contributed by atoms with Crippen molar-refractivity contribution in [3.63, 3.8) is 0 Å². The number of hydrogen-bond donors (Lipinski definition) is 2. The molecular formula is C17H27NO3. The van der Waals surface area contributed by atoms with Gasteiger partial charge < -0.3 is 15.2 Å². The molecule has 4 heteroatoms. The van der Waals surface area contributed by atoms with Crippen LogP contribution in [0.4, 0.5) is 0 Å². The van der Waals surface area contributed by atoms with Crippen molar-refractivity contribution >= 4 is 5.91 Å². The molecule has 1 rings (SSSR count). The molecule has 0 spiro atoms. The predicted octanol–water partition coefficient (Wildman–Crippen LogP) is 2.46. The molecule has 0 aliphatic carbocycles. The Morgan fingerprint density at radius 3 is 2.57 bits per heavy atom. The van der Waals surface area contributed by atoms with Crippen molar-refractivity contribution in [2.45, 2.75) is 46.6 Å². The van der Waals surface area contributed by atoms with E-state index in [2.05, 4.69) is 26.1 Å². The summed E-state index contributed by atoms with van der Waals surface area (Å²) in [6, 6.07) is 5.55. The first-order chi connectivity index (χ1) is 9.75. The minimum Gasteiger partial charge on any atom is -0.496 e. The Bertz CT molecular complexity index is 477. The number of carbonyl (C=O) groups excluding carboxylic acids is 1. The maximum atomic E-state index is 12.1. The first-order valence-corrected chi connectivity index (χ1v) is 7.29. The van der Waals surface area contributed by atoms with Gasteiger partial charge in [0.15, 0.2) is 0 Å². The largest absolute Gasteiger partial charge is 0.496 e. The summed E-state index contributed by atoms with van der Waals surface area (Å²) in [5.74, 6) is 0.706. The first-order valence-electron chi connectivity index (χ1n) is 7.29. The van der Waals surface area contributed by atoms with Gasteiger partial charge in [-0.3, -0.25) is 4.79 Å². The third-order valence-corrected chi connectivity index (χ3v) is 3.28. The number of aliphatic hydroxyl groups excluding tert-OH is 1. The summed E-state index contributed by atoms with van der Waals surface area (Å²) in [7, 11) is 1.62. The third-order valence-electron chi connectivity index (χ3n) is 3.28. The van der Waals surface area contributed by atoms with Crippen LogP contribution in [0, 0.1) is 12.3 Å². The molecule has 21 heavy (non-hydrogen) atoms. The monoisotopic (exact) mass is 293 g/mol. The molecule has 0 saturated heterocycles. The zero-order chi connectivity index (χ0) is 16.0. The molecule has 0 aliphatic rings. The molecule has 1 aromatic rings. The van der Waals surface area contributed by atoms with Gasteiger partial charge in [-0.05, 0) is 36.0 Å². The Labute approximate surface area is 127 Å². The maximum absolute atomic E-state index is 12.1. The number of nitrogens with one attached hydrogen (secondary N) is 1. The SMILES string of the molecule is COc1cc(CC(=O)NC(CO)CC(C)(C)C)ccc1C. The summed E-state index contributed by atoms with van der Waals surface area (Å²) in [6.07, 6.45) is 1.03. The topological polar surface area (TPSA) is 58.6 Å². The van der Waals surface area contributed by atoms with Gasteiger partial charge in [0, 0.05) is 0 Å². The summed E-state index contributed by atoms with van der Waals surface area (Å²) < 4.78 is 5.26. The molecular weight excluding hydrogens is 266 g/mol. The fraction of sp³-hybridized carbons (Fsp3) is 0.588. The average Bonchev–Trinajstić information content (AvgIpc) is 2.38. The van der Waals surface area contributed by atoms with Gasteiger partial charge in [0.25, 0.3) is 0 Å². The van der Waals surface area contributed by atoms with E-state index >= 15 is 0 Å². The number of ether oxygens (including phenoxy) is 1. The van der Waals surface area contributed by atoms with E-state index in [0.29, 0.717) is 0 Å². The van der Waals surface area contributed by atoms with Crippen LogP contribution in [0.2, 0.25) is 0 Å². The molecule has 0 fully saturated rings. The molecule has 0 aromatic heterocycles. The number of methoxy groups -OCH3 is 1. The number of hydrogen-bond acceptors (Lipinski definition) is 3. The van der Waals surface area contributed by atoms with Gasteiger partial charge in [-0.2, -0.15) is 0 Å². The van der Waals surface area contributed by atoms with E-state index < -0.39 is 0 Å². The van der Waals surface area contributed by atoms with E-state index in [4.69, 9.17) is 4.74 Å². The average molecular weight is 293 g/mol. The van der Waals surface area contributed by atoms with Crippen LogP contribution in [0.1, 0.15) is 38.3 Å². The lowest BCUT2D eigenvalue weighted by Crippen LogP contribution is -2.40. The number of amides is 1. The number of aliphatic hydroxyl groups is 1. The molecule has 1 unspecified atom stereocenters. The molecule has 0 saturated carbocycles. The van der Waals surface area contributed by atoms with Crippen LogP contribution in [0.3, 0.4) is 0 Å². The third kappa shape index (κ3) is 6.17. The van der Waals surface area contributed by atoms with Gasteiger partial charge in [-0.25, -0.2) is 0 Å². The quantitative estimate of drug-likeness (QED) is 0.847. The highest BCUT2D eigenvalue weighted by Crippen LogP contribution is 2.21. The fourth-order valence-electron chi connectivity index (χ4n) is 2.34. The molecule has 1 aromatic carbocycles. The van der Waals surface area contributed by atoms with E-state index in [1.165, 1.54) is 0 Å². The van der Waals surface area contributed by atoms with Gasteiger partial charge in [-0.15, -0.1) is 0 Å². The van der Waals surface area contributed by atoms with Gasteiger partial charge in [0.05, 0.1) is 26.2 Å². The van der Waals surface area contributed by atoms with Gasteiger partial charge >= 0.3 is 0 Å². The molecule has 0 radical (unpaired) electrons. The maximum Gasteiger partial charge on any atom is 0.224 e. The van der Waals surface area contributed by atoms with Crippen LogP contribution in [0.25, 0.3) is 0 Å². The van der Waals surface area contributed by atoms with Crippen molar-refractivity contribution in [3.05, 3.63) is 29.3 Å². The minimum atomic E-state index is -0.204. The minimum absolute atomic E-state index is 0.0414. The normalized spacial score (nSPS) is 12.9. The number of rotatable bonds is 6. The van der Waals surface area contributed by atoms with Gasteiger partial charge in [0.1, 0.15) is 5.75 Å². The highest BCUT2D eigenvalue weighted by atomic mass is 16.5. The van der Waals surface area contributed by atoms with E-state index in [1.807, 2.05) is 25.1 Å². The Kier molecular flexibility index (Phi) is 6.21. The van der Waals surface area contributed by atoms with Crippen molar-refractivity contribution in [1.82, 2.24) is 5.32 Å². The lowest BCUT2D eigenvalue weighted by molar-refractivity contribution is -0.121. The first kappa shape index (κ1) is 17.5. The zero-order valence-corrected chi connectivity index (χ0v) is 13.7. The second kappa shape index (κ2) is 7.46. The zero-order valence-electron chi connectivity index (χ0n) is 13.7. The number of aryl methyl sites for hydroxylation is 1. The molecule has 0 aliphatic heterocycles. The Morgan fingerprint density at radius 2 is 2.05 bits per heavy atom. The Morgan fingerprint density at radius 1 is 1.38 bits per heavy atom. The highest BCUT2D eigenvalue weighted by Gasteiger charge is 2.19. The number of carbonyl (C=O) groups is 1. The second-order valence-corrected chi connectivity index (χ2v) is 6.69. The Balaban J connectivity index is 2.64. The van der Waals surface area contributed by atoms with E-state index in [1.54, 1.807) is 7.11 Å². The highest BCUT2D eigenvalue weighted by molar-refractivity contribution is 5.79. The van der Waals surface area contributed by atoms with Crippen LogP contribution in [-0.4, -0.2) is 30.8 Å². The van der Waals surface area contributed by atoms with Crippen LogP contribution in [0.15, 0.2) is 18.2 Å². The van der Waals surface area contributed by atoms with E-state index in [-0.39, 0.29) is 30.4 Å². The molecule has 1 amide bonds. The second-order valence-electron chi connectivity index (χ2n) is 6.69. The van der Waals surface area contributed by atoms with E-state index in [9.17, 15) is 9.90 Å². The van der Waals surface area contributed by atoms with E-state index in [0.717, 1.165) is 23.3 Å². The Hall–Kier alpha value is -1.55. The van der Waals surface area contributed by atoms with Crippen LogP contribution < -0.4 is 10.1 Å². The fourth-order valence-corrected chi connectivity index (χ4v) is 2.34. The molecule has 0 bridgehead atoms. The van der Waals surface area contributed by atoms with Crippen LogP contribution >= 0.6 is 0 Å². The van der Waals surface area contributed by atoms with Gasteiger partial charge in [-0.1, -0.05) is 32.9 Å². The summed E-state index contributed by atoms with van der Waals surface area (Å²) >= 11 is 0. The molecule has 118 valence electrons. The van der Waals surface area contributed by atoms with Crippen molar-refractivity contribution in [2.75, 3.05) is 13.7 Å². The lowest BCUT2D eigenvalue weighted by Gasteiger charge is -2.25. The smallest absolute Gasteiger partial charge is 0.224 e. The van der Waals surface area contributed by atoms with Crippen molar-refractivity contribution in [1.29, 1.82) is 0 Å². The van der Waals surface area contributed by atoms with Gasteiger partial charge in [0.2, 0.25) is 5.91 Å². The summed E-state index contributed by atoms with van der Waals surface area (Å²) in [6.45, 7) is 8.19. The lowest BCUT2D eigenvalue weighted by atomic mass is 9.88. The summed E-state index contributed by atoms with van der Waals surface area (Å²) in [5.41, 5.74) is 2.01. The number of benzene rings is 1. The molecule has 4 nitrogen and oxygen atoms in total. The van der Waals surface area contributed by atoms with Crippen molar-refractivity contribution in [2.24, 2.45) is 5.41 Å². The van der Waals surface area contributed by atoms with Crippen molar-refractivity contribution < 1.29 is 14.6 Å². The summed E-state index contributed by atoms with van der Waals surface area (Å²) in [5, 5.41) is 12.3. The molecule has 0 heterocycles. The molecule has 1 atom stereocenters. The van der Waals surface area contributed by atoms with Crippen molar-refractivity contribution in [3.8, 4) is 5.75 Å². The predicted molar refractivity (Wildman–Crippen MR) is 84.5 cm³/mol. The summed E-state index contributed by atoms with van der Waals surface area (Å²) in [4.78, 5) is 12.1. The van der Waals surface area contributed by atoms with Crippen LogP contribution in [-0.2, 0) is 11.2 Å².